The molecule has 2 fully saturated rings. The average Bonchev–Trinajstić information content (AvgIpc) is 2.63. The summed E-state index contributed by atoms with van der Waals surface area (Å²) >= 11 is 0. The van der Waals surface area contributed by atoms with Gasteiger partial charge < -0.3 is 10.6 Å². The van der Waals surface area contributed by atoms with Crippen LogP contribution in [-0.2, 0) is 6.54 Å². The molecule has 2 aliphatic heterocycles. The summed E-state index contributed by atoms with van der Waals surface area (Å²) in [4.78, 5) is 13.7. The van der Waals surface area contributed by atoms with Gasteiger partial charge in [0, 0.05) is 44.1 Å². The fraction of sp³-hybridized carbons (Fsp3) is 0.692. The number of anilines is 1. The number of hydrogen-bond acceptors (Lipinski definition) is 5. The van der Waals surface area contributed by atoms with E-state index in [1.54, 1.807) is 12.4 Å². The van der Waals surface area contributed by atoms with Gasteiger partial charge in [-0.2, -0.15) is 0 Å². The number of nitrogens with zero attached hydrogens (tertiary/aromatic N) is 4. The molecule has 2 N–H and O–H groups in total. The van der Waals surface area contributed by atoms with Crippen molar-refractivity contribution in [3.63, 3.8) is 0 Å². The van der Waals surface area contributed by atoms with Gasteiger partial charge in [-0.25, -0.2) is 4.98 Å². The number of nitrogens with two attached hydrogens (primary N) is 1. The van der Waals surface area contributed by atoms with Crippen LogP contribution in [0.1, 0.15) is 25.0 Å². The summed E-state index contributed by atoms with van der Waals surface area (Å²) < 4.78 is 0. The molecule has 1 aromatic heterocycles. The maximum Gasteiger partial charge on any atom is 0.151 e. The second-order valence-electron chi connectivity index (χ2n) is 5.32. The molecule has 0 aromatic carbocycles. The monoisotopic (exact) mass is 247 g/mol. The Hall–Kier alpha value is -1.20. The number of likely N-dealkylation sites (N-methyl/N-ethyl adjacent to an activating group) is 1. The Morgan fingerprint density at radius 3 is 2.83 bits per heavy atom. The van der Waals surface area contributed by atoms with Crippen LogP contribution in [0.3, 0.4) is 0 Å². The molecular formula is C13H21N5. The first-order chi connectivity index (χ1) is 8.79. The van der Waals surface area contributed by atoms with Gasteiger partial charge in [0.1, 0.15) is 0 Å². The first-order valence-electron chi connectivity index (χ1n) is 6.76. The molecule has 5 heteroatoms. The van der Waals surface area contributed by atoms with E-state index in [1.807, 2.05) is 0 Å². The normalized spacial score (nSPS) is 28.4. The van der Waals surface area contributed by atoms with Gasteiger partial charge >= 0.3 is 0 Å². The summed E-state index contributed by atoms with van der Waals surface area (Å²) in [6.07, 6.45) is 7.35. The van der Waals surface area contributed by atoms with Crippen molar-refractivity contribution in [2.45, 2.75) is 37.9 Å². The summed E-state index contributed by atoms with van der Waals surface area (Å²) in [6, 6.07) is 1.41. The number of fused-ring (bicyclic) bond motifs is 2. The highest BCUT2D eigenvalue weighted by atomic mass is 15.3. The molecule has 2 bridgehead atoms. The number of aromatic nitrogens is 2. The predicted molar refractivity (Wildman–Crippen MR) is 71.3 cm³/mol. The van der Waals surface area contributed by atoms with Crippen LogP contribution in [0.4, 0.5) is 5.82 Å². The minimum atomic E-state index is 0.462. The van der Waals surface area contributed by atoms with Crippen molar-refractivity contribution in [2.75, 3.05) is 25.0 Å². The molecule has 3 rings (SSSR count). The van der Waals surface area contributed by atoms with Crippen molar-refractivity contribution < 1.29 is 0 Å². The second-order valence-corrected chi connectivity index (χ2v) is 5.32. The van der Waals surface area contributed by atoms with Crippen LogP contribution in [0.2, 0.25) is 0 Å². The second kappa shape index (κ2) is 4.82. The fourth-order valence-corrected chi connectivity index (χ4v) is 3.27. The SMILES string of the molecule is CN1C2CCC1CN(c1nccnc1CN)CC2. The Balaban J connectivity index is 1.84. The van der Waals surface area contributed by atoms with Crippen molar-refractivity contribution in [3.8, 4) is 0 Å². The van der Waals surface area contributed by atoms with Crippen molar-refractivity contribution >= 4 is 5.82 Å². The van der Waals surface area contributed by atoms with E-state index in [0.29, 0.717) is 12.6 Å². The van der Waals surface area contributed by atoms with Crippen LogP contribution in [0.5, 0.6) is 0 Å². The summed E-state index contributed by atoms with van der Waals surface area (Å²) in [6.45, 7) is 2.58. The Morgan fingerprint density at radius 2 is 2.00 bits per heavy atom. The van der Waals surface area contributed by atoms with Crippen molar-refractivity contribution in [2.24, 2.45) is 5.73 Å². The lowest BCUT2D eigenvalue weighted by Crippen LogP contribution is -2.37. The third kappa shape index (κ3) is 1.97. The van der Waals surface area contributed by atoms with Gasteiger partial charge in [0.2, 0.25) is 0 Å². The molecule has 0 spiro atoms. The molecule has 2 saturated heterocycles. The molecule has 0 saturated carbocycles. The van der Waals surface area contributed by atoms with Crippen LogP contribution in [0.25, 0.3) is 0 Å². The Kier molecular flexibility index (Phi) is 3.18. The summed E-state index contributed by atoms with van der Waals surface area (Å²) in [5.41, 5.74) is 6.67. The predicted octanol–water partition coefficient (Wildman–Crippen LogP) is 0.608. The molecule has 3 heterocycles. The van der Waals surface area contributed by atoms with Gasteiger partial charge in [-0.1, -0.05) is 0 Å². The zero-order chi connectivity index (χ0) is 12.5. The zero-order valence-corrected chi connectivity index (χ0v) is 10.9. The Morgan fingerprint density at radius 1 is 1.22 bits per heavy atom. The van der Waals surface area contributed by atoms with E-state index < -0.39 is 0 Å². The fourth-order valence-electron chi connectivity index (χ4n) is 3.27. The first kappa shape index (κ1) is 11.9. The third-order valence-electron chi connectivity index (χ3n) is 4.39. The molecule has 2 aliphatic rings. The number of hydrogen-bond donors (Lipinski definition) is 1. The van der Waals surface area contributed by atoms with Gasteiger partial charge in [-0.05, 0) is 26.3 Å². The lowest BCUT2D eigenvalue weighted by molar-refractivity contribution is 0.254. The van der Waals surface area contributed by atoms with Gasteiger partial charge in [0.25, 0.3) is 0 Å². The largest absolute Gasteiger partial charge is 0.353 e. The molecule has 0 amide bonds. The van der Waals surface area contributed by atoms with Crippen molar-refractivity contribution in [3.05, 3.63) is 18.1 Å². The molecule has 2 atom stereocenters. The molecule has 0 aliphatic carbocycles. The van der Waals surface area contributed by atoms with Gasteiger partial charge in [-0.15, -0.1) is 0 Å². The molecule has 2 unspecified atom stereocenters. The van der Waals surface area contributed by atoms with Crippen LogP contribution < -0.4 is 10.6 Å². The van der Waals surface area contributed by atoms with Gasteiger partial charge in [-0.3, -0.25) is 9.88 Å². The van der Waals surface area contributed by atoms with Gasteiger partial charge in [0.15, 0.2) is 5.82 Å². The number of rotatable bonds is 2. The quantitative estimate of drug-likeness (QED) is 0.829. The summed E-state index contributed by atoms with van der Waals surface area (Å²) in [5, 5.41) is 0. The van der Waals surface area contributed by atoms with Crippen LogP contribution in [0, 0.1) is 0 Å². The topological polar surface area (TPSA) is 58.3 Å². The zero-order valence-electron chi connectivity index (χ0n) is 10.9. The molecule has 18 heavy (non-hydrogen) atoms. The average molecular weight is 247 g/mol. The van der Waals surface area contributed by atoms with E-state index >= 15 is 0 Å². The highest BCUT2D eigenvalue weighted by Gasteiger charge is 2.35. The molecular weight excluding hydrogens is 226 g/mol. The summed E-state index contributed by atoms with van der Waals surface area (Å²) in [5.74, 6) is 0.987. The maximum absolute atomic E-state index is 5.76. The Bertz CT molecular complexity index is 422. The van der Waals surface area contributed by atoms with Gasteiger partial charge in [0.05, 0.1) is 5.69 Å². The van der Waals surface area contributed by atoms with Crippen molar-refractivity contribution in [1.29, 1.82) is 0 Å². The van der Waals surface area contributed by atoms with Crippen LogP contribution >= 0.6 is 0 Å². The van der Waals surface area contributed by atoms with E-state index in [4.69, 9.17) is 5.73 Å². The minimum Gasteiger partial charge on any atom is -0.353 e. The first-order valence-corrected chi connectivity index (χ1v) is 6.76. The molecule has 98 valence electrons. The van der Waals surface area contributed by atoms with E-state index in [0.717, 1.165) is 30.6 Å². The minimum absolute atomic E-state index is 0.462. The standard InChI is InChI=1S/C13H21N5/c1-17-10-2-3-11(17)9-18(7-4-10)13-12(8-14)15-5-6-16-13/h5-6,10-11H,2-4,7-9,14H2,1H3. The summed E-state index contributed by atoms with van der Waals surface area (Å²) in [7, 11) is 2.26. The molecule has 0 radical (unpaired) electrons. The maximum atomic E-state index is 5.76. The van der Waals surface area contributed by atoms with E-state index in [9.17, 15) is 0 Å². The lowest BCUT2D eigenvalue weighted by atomic mass is 10.1. The lowest BCUT2D eigenvalue weighted by Gasteiger charge is -2.27. The molecule has 1 aromatic rings. The Labute approximate surface area is 108 Å². The smallest absolute Gasteiger partial charge is 0.151 e. The highest BCUT2D eigenvalue weighted by Crippen LogP contribution is 2.30. The third-order valence-corrected chi connectivity index (χ3v) is 4.39. The van der Waals surface area contributed by atoms with Crippen LogP contribution in [0.15, 0.2) is 12.4 Å². The van der Waals surface area contributed by atoms with Crippen LogP contribution in [-0.4, -0.2) is 47.1 Å². The van der Waals surface area contributed by atoms with E-state index in [-0.39, 0.29) is 0 Å². The van der Waals surface area contributed by atoms with Crippen molar-refractivity contribution in [1.82, 2.24) is 14.9 Å². The highest BCUT2D eigenvalue weighted by molar-refractivity contribution is 5.43. The van der Waals surface area contributed by atoms with E-state index in [1.165, 1.54) is 19.3 Å². The van der Waals surface area contributed by atoms with E-state index in [2.05, 4.69) is 26.8 Å². The molecule has 5 nitrogen and oxygen atoms in total.